The monoisotopic (exact) mass is 464 g/mol. The van der Waals surface area contributed by atoms with Crippen molar-refractivity contribution in [1.29, 1.82) is 0 Å². The summed E-state index contributed by atoms with van der Waals surface area (Å²) < 4.78 is 7.38. The number of anilines is 1. The van der Waals surface area contributed by atoms with E-state index in [0.717, 1.165) is 4.57 Å². The molecule has 1 N–H and O–H groups in total. The summed E-state index contributed by atoms with van der Waals surface area (Å²) >= 11 is 6.12. The van der Waals surface area contributed by atoms with E-state index in [1.165, 1.54) is 17.7 Å². The number of aromatic nitrogens is 3. The number of methoxy groups -OCH3 is 1. The fraction of sp³-hybridized carbons (Fsp3) is 0.167. The summed E-state index contributed by atoms with van der Waals surface area (Å²) in [6, 6.07) is 15.4. The number of aryl methyl sites for hydroxylation is 2. The molecule has 0 radical (unpaired) electrons. The van der Waals surface area contributed by atoms with Crippen molar-refractivity contribution in [2.75, 3.05) is 12.4 Å². The normalized spacial score (nSPS) is 10.9. The van der Waals surface area contributed by atoms with Crippen LogP contribution in [-0.2, 0) is 11.3 Å². The molecule has 0 atom stereocenters. The zero-order chi connectivity index (χ0) is 23.7. The summed E-state index contributed by atoms with van der Waals surface area (Å²) in [5.41, 5.74) is 1.33. The number of rotatable bonds is 5. The van der Waals surface area contributed by atoms with Crippen LogP contribution >= 0.6 is 11.6 Å². The molecule has 2 aromatic heterocycles. The molecular formula is C24H21ClN4O4. The summed E-state index contributed by atoms with van der Waals surface area (Å²) in [5, 5.41) is 3.27. The maximum atomic E-state index is 13.4. The second-order valence-electron chi connectivity index (χ2n) is 7.52. The lowest BCUT2D eigenvalue weighted by atomic mass is 10.1. The summed E-state index contributed by atoms with van der Waals surface area (Å²) in [4.78, 5) is 43.9. The van der Waals surface area contributed by atoms with Gasteiger partial charge in [-0.05, 0) is 55.8 Å². The largest absolute Gasteiger partial charge is 0.495 e. The number of fused-ring (bicyclic) bond motifs is 1. The Labute approximate surface area is 194 Å². The van der Waals surface area contributed by atoms with Gasteiger partial charge in [0.05, 0.1) is 23.2 Å². The summed E-state index contributed by atoms with van der Waals surface area (Å²) in [7, 11) is 1.49. The van der Waals surface area contributed by atoms with Gasteiger partial charge in [0.2, 0.25) is 5.91 Å². The number of nitrogens with one attached hydrogen (secondary N) is 1. The van der Waals surface area contributed by atoms with E-state index in [1.807, 2.05) is 6.07 Å². The van der Waals surface area contributed by atoms with E-state index < -0.39 is 23.7 Å². The van der Waals surface area contributed by atoms with Crippen LogP contribution in [0.3, 0.4) is 0 Å². The van der Waals surface area contributed by atoms with Gasteiger partial charge < -0.3 is 10.1 Å². The van der Waals surface area contributed by atoms with Gasteiger partial charge >= 0.3 is 5.69 Å². The smallest absolute Gasteiger partial charge is 0.337 e. The zero-order valence-electron chi connectivity index (χ0n) is 18.3. The van der Waals surface area contributed by atoms with Crippen LogP contribution in [0.25, 0.3) is 16.7 Å². The molecule has 168 valence electrons. The van der Waals surface area contributed by atoms with E-state index >= 15 is 0 Å². The molecule has 0 saturated heterocycles. The number of nitrogens with zero attached hydrogens (tertiary/aromatic N) is 3. The van der Waals surface area contributed by atoms with Gasteiger partial charge in [0.1, 0.15) is 12.3 Å². The molecule has 0 spiro atoms. The van der Waals surface area contributed by atoms with Crippen molar-refractivity contribution < 1.29 is 9.53 Å². The first kappa shape index (κ1) is 22.3. The molecule has 0 saturated carbocycles. The first-order valence-corrected chi connectivity index (χ1v) is 10.5. The van der Waals surface area contributed by atoms with Gasteiger partial charge in [-0.2, -0.15) is 0 Å². The molecule has 0 unspecified atom stereocenters. The fourth-order valence-electron chi connectivity index (χ4n) is 3.71. The number of hydrogen-bond acceptors (Lipinski definition) is 5. The topological polar surface area (TPSA) is 95.2 Å². The number of hydrogen-bond donors (Lipinski definition) is 1. The molecule has 0 aliphatic carbocycles. The SMILES string of the molecule is COc1ccc(NC(=O)Cn2c(=O)c3c(C)cc(C)nc3n(-c3ccccc3)c2=O)cc1Cl. The van der Waals surface area contributed by atoms with Crippen LogP contribution in [0.5, 0.6) is 5.75 Å². The maximum absolute atomic E-state index is 13.4. The standard InChI is InChI=1S/C24H21ClN4O4/c1-14-11-15(2)26-22-21(14)23(31)28(24(32)29(22)17-7-5-4-6-8-17)13-20(30)27-16-9-10-19(33-3)18(25)12-16/h4-12H,13H2,1-3H3,(H,27,30). The number of pyridine rings is 1. The molecule has 1 amide bonds. The van der Waals surface area contributed by atoms with E-state index in [1.54, 1.807) is 56.3 Å². The molecule has 2 aromatic carbocycles. The average Bonchev–Trinajstić information content (AvgIpc) is 2.77. The highest BCUT2D eigenvalue weighted by Crippen LogP contribution is 2.27. The minimum absolute atomic E-state index is 0.257. The third-order valence-corrected chi connectivity index (χ3v) is 5.47. The van der Waals surface area contributed by atoms with Crippen LogP contribution in [0.15, 0.2) is 64.2 Å². The third-order valence-electron chi connectivity index (χ3n) is 5.17. The molecule has 0 bridgehead atoms. The Morgan fingerprint density at radius 1 is 1.09 bits per heavy atom. The lowest BCUT2D eigenvalue weighted by molar-refractivity contribution is -0.116. The lowest BCUT2D eigenvalue weighted by Crippen LogP contribution is -2.42. The Balaban J connectivity index is 1.83. The van der Waals surface area contributed by atoms with Crippen molar-refractivity contribution in [3.63, 3.8) is 0 Å². The number of para-hydroxylation sites is 1. The maximum Gasteiger partial charge on any atom is 0.337 e. The van der Waals surface area contributed by atoms with Gasteiger partial charge in [-0.3, -0.25) is 9.59 Å². The number of carbonyl (C=O) groups excluding carboxylic acids is 1. The molecule has 0 fully saturated rings. The second kappa shape index (κ2) is 8.91. The van der Waals surface area contributed by atoms with Crippen molar-refractivity contribution in [3.05, 3.63) is 91.7 Å². The molecule has 0 aliphatic heterocycles. The Hall–Kier alpha value is -3.91. The first-order chi connectivity index (χ1) is 15.8. The van der Waals surface area contributed by atoms with E-state index in [9.17, 15) is 14.4 Å². The molecule has 4 rings (SSSR count). The Morgan fingerprint density at radius 2 is 1.82 bits per heavy atom. The van der Waals surface area contributed by atoms with Crippen LogP contribution in [0, 0.1) is 13.8 Å². The zero-order valence-corrected chi connectivity index (χ0v) is 19.0. The van der Waals surface area contributed by atoms with Crippen LogP contribution in [0.1, 0.15) is 11.3 Å². The van der Waals surface area contributed by atoms with Crippen molar-refractivity contribution in [2.45, 2.75) is 20.4 Å². The van der Waals surface area contributed by atoms with E-state index in [-0.39, 0.29) is 11.0 Å². The highest BCUT2D eigenvalue weighted by atomic mass is 35.5. The average molecular weight is 465 g/mol. The summed E-state index contributed by atoms with van der Waals surface area (Å²) in [6.07, 6.45) is 0. The molecule has 0 aliphatic rings. The van der Waals surface area contributed by atoms with Crippen LogP contribution in [0.2, 0.25) is 5.02 Å². The second-order valence-corrected chi connectivity index (χ2v) is 7.93. The molecule has 2 heterocycles. The predicted molar refractivity (Wildman–Crippen MR) is 128 cm³/mol. The highest BCUT2D eigenvalue weighted by molar-refractivity contribution is 6.32. The highest BCUT2D eigenvalue weighted by Gasteiger charge is 2.19. The lowest BCUT2D eigenvalue weighted by Gasteiger charge is -2.15. The van der Waals surface area contributed by atoms with E-state index in [2.05, 4.69) is 10.3 Å². The van der Waals surface area contributed by atoms with Gasteiger partial charge in [0.25, 0.3) is 5.56 Å². The minimum atomic E-state index is -0.654. The van der Waals surface area contributed by atoms with Gasteiger partial charge in [-0.1, -0.05) is 29.8 Å². The van der Waals surface area contributed by atoms with Crippen molar-refractivity contribution >= 4 is 34.2 Å². The van der Waals surface area contributed by atoms with Crippen LogP contribution in [-0.4, -0.2) is 27.1 Å². The molecule has 9 heteroatoms. The number of halogens is 1. The van der Waals surface area contributed by atoms with Crippen molar-refractivity contribution in [2.24, 2.45) is 0 Å². The Kier molecular flexibility index (Phi) is 6.02. The summed E-state index contributed by atoms with van der Waals surface area (Å²) in [6.45, 7) is 3.10. The van der Waals surface area contributed by atoms with Crippen LogP contribution in [0.4, 0.5) is 5.69 Å². The number of benzene rings is 2. The van der Waals surface area contributed by atoms with E-state index in [4.69, 9.17) is 16.3 Å². The van der Waals surface area contributed by atoms with Gasteiger partial charge in [0.15, 0.2) is 5.65 Å². The Morgan fingerprint density at radius 3 is 2.48 bits per heavy atom. The quantitative estimate of drug-likeness (QED) is 0.488. The molecule has 4 aromatic rings. The molecule has 33 heavy (non-hydrogen) atoms. The number of amides is 1. The number of carbonyl (C=O) groups is 1. The van der Waals surface area contributed by atoms with Gasteiger partial charge in [-0.15, -0.1) is 0 Å². The van der Waals surface area contributed by atoms with Gasteiger partial charge in [-0.25, -0.2) is 18.9 Å². The van der Waals surface area contributed by atoms with Crippen LogP contribution < -0.4 is 21.3 Å². The Bertz CT molecular complexity index is 1490. The first-order valence-electron chi connectivity index (χ1n) is 10.1. The number of ether oxygens (including phenoxy) is 1. The minimum Gasteiger partial charge on any atom is -0.495 e. The fourth-order valence-corrected chi connectivity index (χ4v) is 3.97. The van der Waals surface area contributed by atoms with Crippen molar-refractivity contribution in [3.8, 4) is 11.4 Å². The predicted octanol–water partition coefficient (Wildman–Crippen LogP) is 3.46. The third kappa shape index (κ3) is 4.25. The molecular weight excluding hydrogens is 444 g/mol. The summed E-state index contributed by atoms with van der Waals surface area (Å²) in [5.74, 6) is -0.0865. The molecule has 8 nitrogen and oxygen atoms in total. The van der Waals surface area contributed by atoms with Crippen molar-refractivity contribution in [1.82, 2.24) is 14.1 Å². The van der Waals surface area contributed by atoms with Gasteiger partial charge in [0, 0.05) is 11.4 Å². The van der Waals surface area contributed by atoms with E-state index in [0.29, 0.717) is 33.4 Å².